The van der Waals surface area contributed by atoms with Crippen molar-refractivity contribution < 1.29 is 14.6 Å². The molecule has 1 atom stereocenters. The van der Waals surface area contributed by atoms with E-state index < -0.39 is 5.60 Å². The first kappa shape index (κ1) is 19.5. The molecule has 29 heavy (non-hydrogen) atoms. The van der Waals surface area contributed by atoms with Crippen LogP contribution in [-0.2, 0) is 6.61 Å². The number of fused-ring (bicyclic) bond motifs is 1. The number of hydrogen-bond acceptors (Lipinski definition) is 4. The van der Waals surface area contributed by atoms with E-state index in [2.05, 4.69) is 4.98 Å². The first-order valence-corrected chi connectivity index (χ1v) is 10.0. The molecule has 3 aromatic rings. The molecule has 1 aliphatic heterocycles. The van der Waals surface area contributed by atoms with E-state index in [-0.39, 0.29) is 11.9 Å². The van der Waals surface area contributed by atoms with E-state index in [1.165, 1.54) is 5.56 Å². The van der Waals surface area contributed by atoms with Crippen molar-refractivity contribution in [3.05, 3.63) is 65.6 Å². The molecule has 0 bridgehead atoms. The van der Waals surface area contributed by atoms with Crippen LogP contribution < -0.4 is 4.74 Å². The Hall–Kier alpha value is -2.86. The molecule has 0 radical (unpaired) electrons. The van der Waals surface area contributed by atoms with Crippen LogP contribution in [0.25, 0.3) is 5.65 Å². The van der Waals surface area contributed by atoms with E-state index in [9.17, 15) is 9.90 Å². The molecule has 4 rings (SSSR count). The fourth-order valence-electron chi connectivity index (χ4n) is 4.01. The Morgan fingerprint density at radius 3 is 2.90 bits per heavy atom. The van der Waals surface area contributed by atoms with Crippen LogP contribution in [0.2, 0.25) is 0 Å². The van der Waals surface area contributed by atoms with E-state index in [0.717, 1.165) is 24.2 Å². The molecule has 1 aromatic carbocycles. The van der Waals surface area contributed by atoms with E-state index in [4.69, 9.17) is 4.74 Å². The fourth-order valence-corrected chi connectivity index (χ4v) is 4.01. The van der Waals surface area contributed by atoms with Gasteiger partial charge in [0.15, 0.2) is 0 Å². The van der Waals surface area contributed by atoms with Gasteiger partial charge in [-0.05, 0) is 63.4 Å². The van der Waals surface area contributed by atoms with E-state index in [0.29, 0.717) is 24.5 Å². The van der Waals surface area contributed by atoms with Crippen LogP contribution in [0.15, 0.2) is 48.8 Å². The number of ether oxygens (including phenoxy) is 1. The molecule has 0 spiro atoms. The van der Waals surface area contributed by atoms with Gasteiger partial charge in [-0.25, -0.2) is 4.98 Å². The number of nitrogens with zero attached hydrogens (tertiary/aromatic N) is 3. The van der Waals surface area contributed by atoms with Crippen LogP contribution in [0.3, 0.4) is 0 Å². The Balaban J connectivity index is 1.47. The van der Waals surface area contributed by atoms with Crippen molar-refractivity contribution in [1.29, 1.82) is 0 Å². The lowest BCUT2D eigenvalue weighted by molar-refractivity contribution is 0.000326. The normalized spacial score (nSPS) is 17.1. The summed E-state index contributed by atoms with van der Waals surface area (Å²) < 4.78 is 7.89. The van der Waals surface area contributed by atoms with Crippen molar-refractivity contribution in [1.82, 2.24) is 14.3 Å². The zero-order chi connectivity index (χ0) is 20.6. The summed E-state index contributed by atoms with van der Waals surface area (Å²) >= 11 is 0. The Kier molecular flexibility index (Phi) is 5.04. The lowest BCUT2D eigenvalue weighted by Gasteiger charge is -2.33. The highest BCUT2D eigenvalue weighted by Crippen LogP contribution is 2.29. The first-order valence-electron chi connectivity index (χ1n) is 10.0. The summed E-state index contributed by atoms with van der Waals surface area (Å²) in [7, 11) is 0. The average Bonchev–Trinajstić information content (AvgIpc) is 3.32. The number of aryl methyl sites for hydroxylation is 1. The fraction of sp³-hybridized carbons (Fsp3) is 0.391. The summed E-state index contributed by atoms with van der Waals surface area (Å²) in [5, 5.41) is 10.4. The second-order valence-electron chi connectivity index (χ2n) is 8.33. The second kappa shape index (κ2) is 7.52. The highest BCUT2D eigenvalue weighted by atomic mass is 16.5. The monoisotopic (exact) mass is 393 g/mol. The Morgan fingerprint density at radius 2 is 2.10 bits per heavy atom. The van der Waals surface area contributed by atoms with Gasteiger partial charge in [-0.2, -0.15) is 0 Å². The Morgan fingerprint density at radius 1 is 1.28 bits per heavy atom. The van der Waals surface area contributed by atoms with Crippen molar-refractivity contribution >= 4 is 11.6 Å². The molecule has 6 nitrogen and oxygen atoms in total. The molecular formula is C23H27N3O3. The van der Waals surface area contributed by atoms with Gasteiger partial charge in [0.25, 0.3) is 5.91 Å². The minimum Gasteiger partial charge on any atom is -0.487 e. The number of amides is 1. The van der Waals surface area contributed by atoms with Crippen LogP contribution in [0.5, 0.6) is 5.75 Å². The third-order valence-electron chi connectivity index (χ3n) is 5.45. The van der Waals surface area contributed by atoms with Gasteiger partial charge in [-0.3, -0.25) is 4.79 Å². The third kappa shape index (κ3) is 4.12. The van der Waals surface area contributed by atoms with Crippen molar-refractivity contribution in [2.24, 2.45) is 0 Å². The number of carbonyl (C=O) groups excluding carboxylic acids is 1. The number of likely N-dealkylation sites (tertiary alicyclic amines) is 1. The molecule has 152 valence electrons. The smallest absolute Gasteiger partial charge is 0.254 e. The number of carbonyl (C=O) groups is 1. The van der Waals surface area contributed by atoms with Gasteiger partial charge in [0.2, 0.25) is 0 Å². The highest BCUT2D eigenvalue weighted by molar-refractivity contribution is 5.95. The zero-order valence-corrected chi connectivity index (χ0v) is 17.1. The maximum absolute atomic E-state index is 13.0. The summed E-state index contributed by atoms with van der Waals surface area (Å²) in [5.41, 5.74) is 2.53. The topological polar surface area (TPSA) is 67.1 Å². The van der Waals surface area contributed by atoms with E-state index >= 15 is 0 Å². The molecule has 3 heterocycles. The van der Waals surface area contributed by atoms with Crippen LogP contribution >= 0.6 is 0 Å². The quantitative estimate of drug-likeness (QED) is 0.719. The number of pyridine rings is 1. The zero-order valence-electron chi connectivity index (χ0n) is 17.1. The predicted octanol–water partition coefficient (Wildman–Crippen LogP) is 3.60. The van der Waals surface area contributed by atoms with Gasteiger partial charge in [-0.1, -0.05) is 12.1 Å². The van der Waals surface area contributed by atoms with Crippen LogP contribution in [0, 0.1) is 6.92 Å². The molecule has 1 amide bonds. The number of rotatable bonds is 5. The lowest BCUT2D eigenvalue weighted by Crippen LogP contribution is -2.48. The first-order chi connectivity index (χ1) is 13.8. The van der Waals surface area contributed by atoms with Crippen LogP contribution in [-0.4, -0.2) is 43.5 Å². The number of benzene rings is 1. The molecular weight excluding hydrogens is 366 g/mol. The van der Waals surface area contributed by atoms with Gasteiger partial charge in [0.1, 0.15) is 18.0 Å². The van der Waals surface area contributed by atoms with Gasteiger partial charge >= 0.3 is 0 Å². The predicted molar refractivity (Wildman–Crippen MR) is 111 cm³/mol. The molecule has 1 fully saturated rings. The summed E-state index contributed by atoms with van der Waals surface area (Å²) in [5.74, 6) is 0.561. The SMILES string of the molecule is Cc1ccc2nc(COc3cccc(C(=O)N4CCCC4C(C)(C)O)c3)cn2c1. The summed E-state index contributed by atoms with van der Waals surface area (Å²) in [6.07, 6.45) is 5.71. The summed E-state index contributed by atoms with van der Waals surface area (Å²) in [6, 6.07) is 11.1. The number of aliphatic hydroxyl groups is 1. The van der Waals surface area contributed by atoms with Gasteiger partial charge < -0.3 is 19.1 Å². The minimum absolute atomic E-state index is 0.0664. The van der Waals surface area contributed by atoms with Crippen molar-refractivity contribution in [2.45, 2.75) is 51.9 Å². The summed E-state index contributed by atoms with van der Waals surface area (Å²) in [6.45, 7) is 6.56. The summed E-state index contributed by atoms with van der Waals surface area (Å²) in [4.78, 5) is 19.4. The van der Waals surface area contributed by atoms with Gasteiger partial charge in [0, 0.05) is 24.5 Å². The number of hydrogen-bond donors (Lipinski definition) is 1. The van der Waals surface area contributed by atoms with Gasteiger partial charge in [0.05, 0.1) is 17.3 Å². The molecule has 0 aliphatic carbocycles. The van der Waals surface area contributed by atoms with E-state index in [1.807, 2.05) is 48.0 Å². The van der Waals surface area contributed by atoms with Crippen LogP contribution in [0.4, 0.5) is 0 Å². The molecule has 1 saturated heterocycles. The van der Waals surface area contributed by atoms with Crippen molar-refractivity contribution in [3.63, 3.8) is 0 Å². The molecule has 1 N–H and O–H groups in total. The Bertz CT molecular complexity index is 1040. The average molecular weight is 393 g/mol. The molecule has 1 unspecified atom stereocenters. The molecule has 0 saturated carbocycles. The van der Waals surface area contributed by atoms with Crippen molar-refractivity contribution in [2.75, 3.05) is 6.54 Å². The van der Waals surface area contributed by atoms with E-state index in [1.54, 1.807) is 30.9 Å². The van der Waals surface area contributed by atoms with Crippen molar-refractivity contribution in [3.8, 4) is 5.75 Å². The number of aromatic nitrogens is 2. The molecule has 6 heteroatoms. The molecule has 2 aromatic heterocycles. The Labute approximate surface area is 170 Å². The second-order valence-corrected chi connectivity index (χ2v) is 8.33. The maximum atomic E-state index is 13.0. The largest absolute Gasteiger partial charge is 0.487 e. The lowest BCUT2D eigenvalue weighted by atomic mass is 9.96. The molecule has 1 aliphatic rings. The van der Waals surface area contributed by atoms with Crippen LogP contribution in [0.1, 0.15) is 48.3 Å². The van der Waals surface area contributed by atoms with Gasteiger partial charge in [-0.15, -0.1) is 0 Å². The standard InChI is InChI=1S/C23H27N3O3/c1-16-9-10-21-24-18(14-25(21)13-16)15-29-19-7-4-6-17(12-19)22(27)26-11-5-8-20(26)23(2,3)28/h4,6-7,9-10,12-14,20,28H,5,8,11,15H2,1-3H3. The minimum atomic E-state index is -0.915. The maximum Gasteiger partial charge on any atom is 0.254 e. The number of imidazole rings is 1. The third-order valence-corrected chi connectivity index (χ3v) is 5.45. The highest BCUT2D eigenvalue weighted by Gasteiger charge is 2.38.